The van der Waals surface area contributed by atoms with Gasteiger partial charge < -0.3 is 5.11 Å². The summed E-state index contributed by atoms with van der Waals surface area (Å²) in [6, 6.07) is 0.321. The molecule has 1 saturated heterocycles. The lowest BCUT2D eigenvalue weighted by Crippen LogP contribution is -2.38. The molecule has 80 valence electrons. The fraction of sp³-hybridized carbons (Fsp3) is 0.909. The number of carbonyl (C=O) groups is 1. The van der Waals surface area contributed by atoms with E-state index in [1.807, 2.05) is 7.05 Å². The van der Waals surface area contributed by atoms with E-state index < -0.39 is 5.97 Å². The number of likely N-dealkylation sites (N-methyl/N-ethyl adjacent to an activating group) is 1. The zero-order valence-corrected chi connectivity index (χ0v) is 8.78. The normalized spacial score (nSPS) is 39.1. The molecule has 1 aliphatic carbocycles. The van der Waals surface area contributed by atoms with Crippen molar-refractivity contribution in [2.45, 2.75) is 50.6 Å². The quantitative estimate of drug-likeness (QED) is 0.696. The molecule has 3 atom stereocenters. The first-order valence-corrected chi connectivity index (χ1v) is 5.65. The van der Waals surface area contributed by atoms with Crippen LogP contribution in [0, 0.1) is 5.92 Å². The van der Waals surface area contributed by atoms with E-state index in [4.69, 9.17) is 5.11 Å². The van der Waals surface area contributed by atoms with Crippen molar-refractivity contribution in [1.82, 2.24) is 4.90 Å². The minimum atomic E-state index is -0.638. The van der Waals surface area contributed by atoms with E-state index in [-0.39, 0.29) is 6.04 Å². The van der Waals surface area contributed by atoms with E-state index in [0.29, 0.717) is 12.0 Å². The highest BCUT2D eigenvalue weighted by Gasteiger charge is 2.42. The highest BCUT2D eigenvalue weighted by atomic mass is 16.4. The third-order valence-electron chi connectivity index (χ3n) is 3.94. The zero-order chi connectivity index (χ0) is 10.1. The highest BCUT2D eigenvalue weighted by Crippen LogP contribution is 2.37. The van der Waals surface area contributed by atoms with Crippen molar-refractivity contribution in [1.29, 1.82) is 0 Å². The average molecular weight is 197 g/mol. The molecule has 2 rings (SSSR count). The molecular weight excluding hydrogens is 178 g/mol. The molecule has 0 aromatic carbocycles. The van der Waals surface area contributed by atoms with Crippen molar-refractivity contribution in [3.63, 3.8) is 0 Å². The van der Waals surface area contributed by atoms with Gasteiger partial charge in [0.05, 0.1) is 0 Å². The summed E-state index contributed by atoms with van der Waals surface area (Å²) in [6.07, 6.45) is 7.21. The molecule has 1 saturated carbocycles. The van der Waals surface area contributed by atoms with Gasteiger partial charge in [-0.1, -0.05) is 19.3 Å². The summed E-state index contributed by atoms with van der Waals surface area (Å²) >= 11 is 0. The van der Waals surface area contributed by atoms with Gasteiger partial charge in [0.15, 0.2) is 0 Å². The molecule has 3 heteroatoms. The fourth-order valence-corrected chi connectivity index (χ4v) is 3.14. The van der Waals surface area contributed by atoms with E-state index >= 15 is 0 Å². The largest absolute Gasteiger partial charge is 0.480 e. The standard InChI is InChI=1S/C11H19NO2/c1-12-9-6-4-2-3-5-8(9)7-10(12)11(13)14/h8-10H,2-7H2,1H3,(H,13,14). The monoisotopic (exact) mass is 197 g/mol. The van der Waals surface area contributed by atoms with Crippen molar-refractivity contribution >= 4 is 5.97 Å². The van der Waals surface area contributed by atoms with Gasteiger partial charge in [0.25, 0.3) is 0 Å². The number of hydrogen-bond acceptors (Lipinski definition) is 2. The predicted molar refractivity (Wildman–Crippen MR) is 54.2 cm³/mol. The number of rotatable bonds is 1. The minimum Gasteiger partial charge on any atom is -0.480 e. The molecule has 0 aromatic rings. The van der Waals surface area contributed by atoms with E-state index in [0.717, 1.165) is 6.42 Å². The van der Waals surface area contributed by atoms with Crippen LogP contribution in [0.25, 0.3) is 0 Å². The van der Waals surface area contributed by atoms with E-state index in [1.54, 1.807) is 0 Å². The molecule has 1 aliphatic heterocycles. The molecule has 0 amide bonds. The summed E-state index contributed by atoms with van der Waals surface area (Å²) in [5.74, 6) is 0.00386. The van der Waals surface area contributed by atoms with E-state index in [2.05, 4.69) is 4.90 Å². The molecule has 3 nitrogen and oxygen atoms in total. The molecule has 3 unspecified atom stereocenters. The first-order chi connectivity index (χ1) is 6.70. The van der Waals surface area contributed by atoms with Crippen LogP contribution in [0.3, 0.4) is 0 Å². The third kappa shape index (κ3) is 1.65. The lowest BCUT2D eigenvalue weighted by Gasteiger charge is -2.24. The molecule has 0 radical (unpaired) electrons. The van der Waals surface area contributed by atoms with Crippen LogP contribution in [0.15, 0.2) is 0 Å². The van der Waals surface area contributed by atoms with Gasteiger partial charge in [0, 0.05) is 6.04 Å². The Labute approximate surface area is 85.1 Å². The Balaban J connectivity index is 2.08. The van der Waals surface area contributed by atoms with Gasteiger partial charge in [0.1, 0.15) is 6.04 Å². The zero-order valence-electron chi connectivity index (χ0n) is 8.78. The van der Waals surface area contributed by atoms with Crippen LogP contribution < -0.4 is 0 Å². The molecule has 0 aromatic heterocycles. The maximum absolute atomic E-state index is 11.0. The molecular formula is C11H19NO2. The summed E-state index contributed by atoms with van der Waals surface area (Å²) in [5.41, 5.74) is 0. The summed E-state index contributed by atoms with van der Waals surface area (Å²) in [6.45, 7) is 0. The van der Waals surface area contributed by atoms with Crippen LogP contribution in [0.1, 0.15) is 38.5 Å². The van der Waals surface area contributed by atoms with Gasteiger partial charge in [0.2, 0.25) is 0 Å². The smallest absolute Gasteiger partial charge is 0.320 e. The van der Waals surface area contributed by atoms with Crippen molar-refractivity contribution in [3.8, 4) is 0 Å². The summed E-state index contributed by atoms with van der Waals surface area (Å²) in [4.78, 5) is 13.1. The molecule has 0 spiro atoms. The van der Waals surface area contributed by atoms with Gasteiger partial charge in [-0.05, 0) is 32.2 Å². The maximum atomic E-state index is 11.0. The second-order valence-electron chi connectivity index (χ2n) is 4.72. The number of aliphatic carboxylic acids is 1. The average Bonchev–Trinajstić information content (AvgIpc) is 2.37. The number of fused-ring (bicyclic) bond motifs is 1. The lowest BCUT2D eigenvalue weighted by molar-refractivity contribution is -0.142. The van der Waals surface area contributed by atoms with Crippen LogP contribution in [0.5, 0.6) is 0 Å². The number of hydrogen-bond donors (Lipinski definition) is 1. The van der Waals surface area contributed by atoms with Crippen molar-refractivity contribution in [3.05, 3.63) is 0 Å². The topological polar surface area (TPSA) is 40.5 Å². The molecule has 1 heterocycles. The van der Waals surface area contributed by atoms with Crippen LogP contribution in [-0.2, 0) is 4.79 Å². The number of carboxylic acid groups (broad SMARTS) is 1. The highest BCUT2D eigenvalue weighted by molar-refractivity contribution is 5.74. The Morgan fingerprint density at radius 3 is 2.71 bits per heavy atom. The number of nitrogens with zero attached hydrogens (tertiary/aromatic N) is 1. The Bertz CT molecular complexity index is 229. The van der Waals surface area contributed by atoms with Gasteiger partial charge in [-0.3, -0.25) is 9.69 Å². The number of carboxylic acids is 1. The summed E-state index contributed by atoms with van der Waals surface area (Å²) < 4.78 is 0. The number of likely N-dealkylation sites (tertiary alicyclic amines) is 1. The first kappa shape index (κ1) is 9.97. The van der Waals surface area contributed by atoms with Crippen LogP contribution in [-0.4, -0.2) is 35.1 Å². The minimum absolute atomic E-state index is 0.219. The van der Waals surface area contributed by atoms with Crippen LogP contribution in [0.4, 0.5) is 0 Å². The molecule has 1 N–H and O–H groups in total. The first-order valence-electron chi connectivity index (χ1n) is 5.65. The fourth-order valence-electron chi connectivity index (χ4n) is 3.14. The molecule has 14 heavy (non-hydrogen) atoms. The lowest BCUT2D eigenvalue weighted by atomic mass is 9.94. The second-order valence-corrected chi connectivity index (χ2v) is 4.72. The molecule has 0 bridgehead atoms. The van der Waals surface area contributed by atoms with E-state index in [9.17, 15) is 4.79 Å². The van der Waals surface area contributed by atoms with Crippen molar-refractivity contribution in [2.75, 3.05) is 7.05 Å². The molecule has 2 aliphatic rings. The summed E-state index contributed by atoms with van der Waals surface area (Å²) in [5, 5.41) is 9.06. The van der Waals surface area contributed by atoms with Crippen molar-refractivity contribution < 1.29 is 9.90 Å². The second kappa shape index (κ2) is 3.89. The Kier molecular flexibility index (Phi) is 2.77. The predicted octanol–water partition coefficient (Wildman–Crippen LogP) is 1.72. The van der Waals surface area contributed by atoms with Crippen LogP contribution in [0.2, 0.25) is 0 Å². The molecule has 2 fully saturated rings. The Morgan fingerprint density at radius 2 is 2.00 bits per heavy atom. The van der Waals surface area contributed by atoms with Gasteiger partial charge in [-0.25, -0.2) is 0 Å². The van der Waals surface area contributed by atoms with Gasteiger partial charge >= 0.3 is 5.97 Å². The van der Waals surface area contributed by atoms with Crippen LogP contribution >= 0.6 is 0 Å². The SMILES string of the molecule is CN1C(C(=O)O)CC2CCCCCC21. The summed E-state index contributed by atoms with van der Waals surface area (Å²) in [7, 11) is 1.98. The van der Waals surface area contributed by atoms with Crippen molar-refractivity contribution in [2.24, 2.45) is 5.92 Å². The van der Waals surface area contributed by atoms with E-state index in [1.165, 1.54) is 32.1 Å². The maximum Gasteiger partial charge on any atom is 0.320 e. The Morgan fingerprint density at radius 1 is 1.29 bits per heavy atom. The van der Waals surface area contributed by atoms with Gasteiger partial charge in [-0.2, -0.15) is 0 Å². The van der Waals surface area contributed by atoms with Gasteiger partial charge in [-0.15, -0.1) is 0 Å². The third-order valence-corrected chi connectivity index (χ3v) is 3.94. The Hall–Kier alpha value is -0.570.